The predicted molar refractivity (Wildman–Crippen MR) is 70.4 cm³/mol. The third-order valence-corrected chi connectivity index (χ3v) is 3.89. The van der Waals surface area contributed by atoms with Crippen LogP contribution in [0.3, 0.4) is 0 Å². The maximum absolute atomic E-state index is 11.7. The van der Waals surface area contributed by atoms with Crippen molar-refractivity contribution in [1.29, 1.82) is 0 Å². The lowest BCUT2D eigenvalue weighted by Gasteiger charge is -2.21. The van der Waals surface area contributed by atoms with Crippen LogP contribution in [-0.4, -0.2) is 34.3 Å². The van der Waals surface area contributed by atoms with Gasteiger partial charge in [0, 0.05) is 5.02 Å². The molecule has 0 aromatic heterocycles. The number of methoxy groups -OCH3 is 1. The highest BCUT2D eigenvalue weighted by Gasteiger charge is 2.21. The number of anilines is 1. The molecule has 0 saturated heterocycles. The van der Waals surface area contributed by atoms with Gasteiger partial charge < -0.3 is 4.74 Å². The maximum atomic E-state index is 11.7. The molecule has 0 spiro atoms. The summed E-state index contributed by atoms with van der Waals surface area (Å²) >= 11 is 5.87. The van der Waals surface area contributed by atoms with Crippen molar-refractivity contribution in [1.82, 2.24) is 0 Å². The van der Waals surface area contributed by atoms with Gasteiger partial charge in [0.05, 0.1) is 19.1 Å². The Hall–Kier alpha value is -1.27. The first kappa shape index (κ1) is 14.8. The Morgan fingerprint density at radius 3 is 2.50 bits per heavy atom. The molecular weight excluding hydrogens is 278 g/mol. The van der Waals surface area contributed by atoms with Gasteiger partial charge in [0.25, 0.3) is 0 Å². The van der Waals surface area contributed by atoms with Crippen molar-refractivity contribution in [3.05, 3.63) is 28.8 Å². The van der Waals surface area contributed by atoms with Gasteiger partial charge in [0.1, 0.15) is 6.54 Å². The number of halogens is 1. The van der Waals surface area contributed by atoms with Crippen LogP contribution in [0.25, 0.3) is 0 Å². The molecule has 100 valence electrons. The zero-order valence-electron chi connectivity index (χ0n) is 10.3. The summed E-state index contributed by atoms with van der Waals surface area (Å²) in [5.41, 5.74) is 1.11. The van der Waals surface area contributed by atoms with Gasteiger partial charge in [-0.2, -0.15) is 0 Å². The number of carbonyl (C=O) groups excluding carboxylic acids is 1. The molecule has 7 heteroatoms. The Morgan fingerprint density at radius 1 is 1.44 bits per heavy atom. The zero-order valence-corrected chi connectivity index (χ0v) is 11.9. The van der Waals surface area contributed by atoms with Crippen LogP contribution >= 0.6 is 11.6 Å². The molecule has 1 rings (SSSR count). The molecule has 0 bridgehead atoms. The molecule has 18 heavy (non-hydrogen) atoms. The lowest BCUT2D eigenvalue weighted by Crippen LogP contribution is -2.35. The smallest absolute Gasteiger partial charge is 0.326 e. The van der Waals surface area contributed by atoms with Crippen molar-refractivity contribution < 1.29 is 17.9 Å². The molecule has 0 saturated carbocycles. The van der Waals surface area contributed by atoms with Crippen LogP contribution in [0.1, 0.15) is 5.56 Å². The fourth-order valence-electron chi connectivity index (χ4n) is 1.37. The van der Waals surface area contributed by atoms with Crippen molar-refractivity contribution in [2.75, 3.05) is 24.2 Å². The second-order valence-electron chi connectivity index (χ2n) is 3.78. The summed E-state index contributed by atoms with van der Waals surface area (Å²) in [4.78, 5) is 11.2. The minimum Gasteiger partial charge on any atom is -0.468 e. The highest BCUT2D eigenvalue weighted by molar-refractivity contribution is 7.92. The topological polar surface area (TPSA) is 63.7 Å². The van der Waals surface area contributed by atoms with Gasteiger partial charge in [-0.05, 0) is 30.7 Å². The van der Waals surface area contributed by atoms with E-state index >= 15 is 0 Å². The molecule has 0 aliphatic heterocycles. The van der Waals surface area contributed by atoms with Crippen molar-refractivity contribution in [2.24, 2.45) is 0 Å². The van der Waals surface area contributed by atoms with E-state index in [1.807, 2.05) is 0 Å². The number of esters is 1. The molecule has 0 atom stereocenters. The standard InChI is InChI=1S/C11H14ClNO4S/c1-8-6-9(4-5-10(8)12)13(18(3,15)16)7-11(14)17-2/h4-6H,7H2,1-3H3. The van der Waals surface area contributed by atoms with E-state index in [1.54, 1.807) is 25.1 Å². The molecule has 5 nitrogen and oxygen atoms in total. The predicted octanol–water partition coefficient (Wildman–Crippen LogP) is 1.59. The van der Waals surface area contributed by atoms with Crippen molar-refractivity contribution in [3.8, 4) is 0 Å². The van der Waals surface area contributed by atoms with E-state index in [-0.39, 0.29) is 6.54 Å². The molecule has 0 heterocycles. The van der Waals surface area contributed by atoms with Crippen LogP contribution in [0.15, 0.2) is 18.2 Å². The molecule has 0 radical (unpaired) electrons. The molecular formula is C11H14ClNO4S. The van der Waals surface area contributed by atoms with Crippen LogP contribution in [0.2, 0.25) is 5.02 Å². The number of benzene rings is 1. The van der Waals surface area contributed by atoms with Crippen LogP contribution in [-0.2, 0) is 19.6 Å². The Balaban J connectivity index is 3.18. The summed E-state index contributed by atoms with van der Waals surface area (Å²) in [6.45, 7) is 1.39. The first-order valence-electron chi connectivity index (χ1n) is 5.06. The average molecular weight is 292 g/mol. The summed E-state index contributed by atoms with van der Waals surface area (Å²) in [5, 5.41) is 0.533. The van der Waals surface area contributed by atoms with Crippen LogP contribution in [0, 0.1) is 6.92 Å². The molecule has 1 aromatic rings. The van der Waals surface area contributed by atoms with Gasteiger partial charge in [-0.15, -0.1) is 0 Å². The molecule has 0 amide bonds. The lowest BCUT2D eigenvalue weighted by atomic mass is 10.2. The van der Waals surface area contributed by atoms with Gasteiger partial charge in [-0.3, -0.25) is 9.10 Å². The third kappa shape index (κ3) is 3.61. The van der Waals surface area contributed by atoms with E-state index in [9.17, 15) is 13.2 Å². The second-order valence-corrected chi connectivity index (χ2v) is 6.09. The summed E-state index contributed by atoms with van der Waals surface area (Å²) < 4.78 is 28.8. The van der Waals surface area contributed by atoms with E-state index in [0.717, 1.165) is 16.1 Å². The van der Waals surface area contributed by atoms with E-state index in [4.69, 9.17) is 11.6 Å². The molecule has 1 aromatic carbocycles. The molecule has 0 unspecified atom stereocenters. The van der Waals surface area contributed by atoms with Crippen molar-refractivity contribution in [3.63, 3.8) is 0 Å². The number of nitrogens with zero attached hydrogens (tertiary/aromatic N) is 1. The van der Waals surface area contributed by atoms with Gasteiger partial charge in [0.15, 0.2) is 0 Å². The van der Waals surface area contributed by atoms with Crippen LogP contribution < -0.4 is 4.31 Å². The van der Waals surface area contributed by atoms with Crippen LogP contribution in [0.5, 0.6) is 0 Å². The highest BCUT2D eigenvalue weighted by atomic mass is 35.5. The summed E-state index contributed by atoms with van der Waals surface area (Å²) in [5.74, 6) is -0.631. The number of aryl methyl sites for hydroxylation is 1. The Morgan fingerprint density at radius 2 is 2.06 bits per heavy atom. The van der Waals surface area contributed by atoms with Gasteiger partial charge in [-0.1, -0.05) is 11.6 Å². The summed E-state index contributed by atoms with van der Waals surface area (Å²) in [6.07, 6.45) is 1.03. The number of sulfonamides is 1. The van der Waals surface area contributed by atoms with Crippen LogP contribution in [0.4, 0.5) is 5.69 Å². The lowest BCUT2D eigenvalue weighted by molar-refractivity contribution is -0.138. The maximum Gasteiger partial charge on any atom is 0.326 e. The fourth-order valence-corrected chi connectivity index (χ4v) is 2.32. The SMILES string of the molecule is COC(=O)CN(c1ccc(Cl)c(C)c1)S(C)(=O)=O. The molecule has 0 fully saturated rings. The Bertz CT molecular complexity index is 556. The Kier molecular flexibility index (Phi) is 4.59. The molecule has 0 N–H and O–H groups in total. The van der Waals surface area contributed by atoms with E-state index in [1.165, 1.54) is 7.11 Å². The monoisotopic (exact) mass is 291 g/mol. The summed E-state index contributed by atoms with van der Waals surface area (Å²) in [6, 6.07) is 4.73. The first-order chi connectivity index (χ1) is 8.25. The summed E-state index contributed by atoms with van der Waals surface area (Å²) in [7, 11) is -2.36. The second kappa shape index (κ2) is 5.58. The highest BCUT2D eigenvalue weighted by Crippen LogP contribution is 2.24. The van der Waals surface area contributed by atoms with Gasteiger partial charge >= 0.3 is 5.97 Å². The van der Waals surface area contributed by atoms with Gasteiger partial charge in [-0.25, -0.2) is 8.42 Å². The normalized spacial score (nSPS) is 11.1. The number of carbonyl (C=O) groups is 1. The number of hydrogen-bond donors (Lipinski definition) is 0. The number of ether oxygens (including phenoxy) is 1. The third-order valence-electron chi connectivity index (χ3n) is 2.33. The quantitative estimate of drug-likeness (QED) is 0.790. The van der Waals surface area contributed by atoms with E-state index in [2.05, 4.69) is 4.74 Å². The fraction of sp³-hybridized carbons (Fsp3) is 0.364. The molecule has 0 aliphatic carbocycles. The largest absolute Gasteiger partial charge is 0.468 e. The first-order valence-corrected chi connectivity index (χ1v) is 7.29. The van der Waals surface area contributed by atoms with E-state index in [0.29, 0.717) is 10.7 Å². The van der Waals surface area contributed by atoms with Crippen molar-refractivity contribution >= 4 is 33.3 Å². The minimum atomic E-state index is -3.56. The minimum absolute atomic E-state index is 0.365. The van der Waals surface area contributed by atoms with Crippen molar-refractivity contribution in [2.45, 2.75) is 6.92 Å². The number of hydrogen-bond acceptors (Lipinski definition) is 4. The zero-order chi connectivity index (χ0) is 13.9. The van der Waals surface area contributed by atoms with E-state index < -0.39 is 16.0 Å². The number of rotatable bonds is 4. The van der Waals surface area contributed by atoms with Gasteiger partial charge in [0.2, 0.25) is 10.0 Å². The molecule has 0 aliphatic rings. The average Bonchev–Trinajstić information content (AvgIpc) is 2.28. The Labute approximate surface area is 111 Å².